The number of carbonyl (C=O) groups excluding carboxylic acids is 1. The van der Waals surface area contributed by atoms with Crippen molar-refractivity contribution in [2.24, 2.45) is 0 Å². The highest BCUT2D eigenvalue weighted by molar-refractivity contribution is 6.02. The first kappa shape index (κ1) is 17.6. The van der Waals surface area contributed by atoms with E-state index in [1.165, 1.54) is 6.08 Å². The van der Waals surface area contributed by atoms with E-state index in [-0.39, 0.29) is 12.0 Å². The second-order valence-corrected chi connectivity index (χ2v) is 5.52. The summed E-state index contributed by atoms with van der Waals surface area (Å²) < 4.78 is 11.0. The first-order chi connectivity index (χ1) is 11.6. The zero-order valence-corrected chi connectivity index (χ0v) is 14.3. The highest BCUT2D eigenvalue weighted by Gasteiger charge is 2.02. The molecular weight excluding hydrogens is 302 g/mol. The van der Waals surface area contributed by atoms with Crippen molar-refractivity contribution in [3.63, 3.8) is 0 Å². The number of benzene rings is 2. The fourth-order valence-electron chi connectivity index (χ4n) is 2.12. The zero-order valence-electron chi connectivity index (χ0n) is 14.3. The third-order valence-corrected chi connectivity index (χ3v) is 3.09. The van der Waals surface area contributed by atoms with Gasteiger partial charge in [0.05, 0.1) is 12.7 Å². The molecule has 1 amide bonds. The van der Waals surface area contributed by atoms with Crippen LogP contribution in [0.5, 0.6) is 11.5 Å². The van der Waals surface area contributed by atoms with Crippen LogP contribution in [0.2, 0.25) is 0 Å². The molecule has 0 unspecified atom stereocenters. The quantitative estimate of drug-likeness (QED) is 0.761. The van der Waals surface area contributed by atoms with Crippen molar-refractivity contribution in [1.82, 2.24) is 0 Å². The predicted molar refractivity (Wildman–Crippen MR) is 97.5 cm³/mol. The van der Waals surface area contributed by atoms with Crippen molar-refractivity contribution in [3.05, 3.63) is 60.2 Å². The maximum absolute atomic E-state index is 12.0. The molecule has 0 spiro atoms. The second kappa shape index (κ2) is 8.77. The Bertz CT molecular complexity index is 690. The Kier molecular flexibility index (Phi) is 6.43. The average molecular weight is 325 g/mol. The van der Waals surface area contributed by atoms with Gasteiger partial charge in [-0.25, -0.2) is 0 Å². The summed E-state index contributed by atoms with van der Waals surface area (Å²) in [6, 6.07) is 14.9. The minimum absolute atomic E-state index is 0.0931. The van der Waals surface area contributed by atoms with Gasteiger partial charge in [-0.05, 0) is 56.7 Å². The topological polar surface area (TPSA) is 47.6 Å². The lowest BCUT2D eigenvalue weighted by Gasteiger charge is -2.10. The summed E-state index contributed by atoms with van der Waals surface area (Å²) in [5.41, 5.74) is 1.64. The standard InChI is InChI=1S/C20H23NO3/c1-4-23-18-11-8-16(9-12-18)10-13-20(22)21-17-6-5-7-19(14-17)24-15(2)3/h5-15H,4H2,1-3H3,(H,21,22)/b13-10+. The Balaban J connectivity index is 1.95. The van der Waals surface area contributed by atoms with Gasteiger partial charge in [-0.1, -0.05) is 18.2 Å². The van der Waals surface area contributed by atoms with E-state index in [0.29, 0.717) is 12.3 Å². The molecule has 4 heteroatoms. The van der Waals surface area contributed by atoms with Gasteiger partial charge in [0.2, 0.25) is 5.91 Å². The van der Waals surface area contributed by atoms with E-state index >= 15 is 0 Å². The third-order valence-electron chi connectivity index (χ3n) is 3.09. The van der Waals surface area contributed by atoms with Gasteiger partial charge in [0.15, 0.2) is 0 Å². The smallest absolute Gasteiger partial charge is 0.248 e. The number of amides is 1. The number of ether oxygens (including phenoxy) is 2. The summed E-state index contributed by atoms with van der Waals surface area (Å²) in [7, 11) is 0. The maximum atomic E-state index is 12.0. The molecule has 1 N–H and O–H groups in total. The molecule has 24 heavy (non-hydrogen) atoms. The fourth-order valence-corrected chi connectivity index (χ4v) is 2.12. The lowest BCUT2D eigenvalue weighted by atomic mass is 10.2. The van der Waals surface area contributed by atoms with Gasteiger partial charge in [-0.2, -0.15) is 0 Å². The Morgan fingerprint density at radius 2 is 1.88 bits per heavy atom. The van der Waals surface area contributed by atoms with Crippen LogP contribution in [0.1, 0.15) is 26.3 Å². The van der Waals surface area contributed by atoms with Gasteiger partial charge in [0, 0.05) is 17.8 Å². The van der Waals surface area contributed by atoms with Crippen LogP contribution < -0.4 is 14.8 Å². The number of hydrogen-bond acceptors (Lipinski definition) is 3. The van der Waals surface area contributed by atoms with E-state index in [1.807, 2.05) is 69.3 Å². The van der Waals surface area contributed by atoms with Crippen LogP contribution in [-0.2, 0) is 4.79 Å². The summed E-state index contributed by atoms with van der Waals surface area (Å²) in [4.78, 5) is 12.0. The first-order valence-electron chi connectivity index (χ1n) is 8.05. The molecule has 0 bridgehead atoms. The van der Waals surface area contributed by atoms with Gasteiger partial charge in [0.1, 0.15) is 11.5 Å². The molecule has 0 fully saturated rings. The van der Waals surface area contributed by atoms with Crippen molar-refractivity contribution in [2.45, 2.75) is 26.9 Å². The van der Waals surface area contributed by atoms with Gasteiger partial charge < -0.3 is 14.8 Å². The van der Waals surface area contributed by atoms with Gasteiger partial charge in [-0.15, -0.1) is 0 Å². The molecule has 0 saturated heterocycles. The van der Waals surface area contributed by atoms with Crippen LogP contribution in [0.25, 0.3) is 6.08 Å². The summed E-state index contributed by atoms with van der Waals surface area (Å²) in [6.45, 7) is 6.51. The van der Waals surface area contributed by atoms with Crippen LogP contribution >= 0.6 is 0 Å². The third kappa shape index (κ3) is 5.80. The molecular formula is C20H23NO3. The summed E-state index contributed by atoms with van der Waals surface area (Å²) in [5, 5.41) is 2.83. The van der Waals surface area contributed by atoms with E-state index < -0.39 is 0 Å². The van der Waals surface area contributed by atoms with Gasteiger partial charge >= 0.3 is 0 Å². The van der Waals surface area contributed by atoms with Crippen molar-refractivity contribution >= 4 is 17.7 Å². The highest BCUT2D eigenvalue weighted by Crippen LogP contribution is 2.19. The van der Waals surface area contributed by atoms with Crippen molar-refractivity contribution in [1.29, 1.82) is 0 Å². The van der Waals surface area contributed by atoms with E-state index in [0.717, 1.165) is 17.1 Å². The predicted octanol–water partition coefficient (Wildman–Crippen LogP) is 4.52. The number of carbonyl (C=O) groups is 1. The molecule has 0 aliphatic rings. The van der Waals surface area contributed by atoms with Crippen molar-refractivity contribution in [2.75, 3.05) is 11.9 Å². The van der Waals surface area contributed by atoms with Gasteiger partial charge in [-0.3, -0.25) is 4.79 Å². The van der Waals surface area contributed by atoms with Crippen LogP contribution in [0.3, 0.4) is 0 Å². The van der Waals surface area contributed by atoms with Crippen LogP contribution in [0.4, 0.5) is 5.69 Å². The number of anilines is 1. The van der Waals surface area contributed by atoms with E-state index in [4.69, 9.17) is 9.47 Å². The molecule has 0 heterocycles. The van der Waals surface area contributed by atoms with E-state index in [1.54, 1.807) is 6.08 Å². The second-order valence-electron chi connectivity index (χ2n) is 5.52. The molecule has 0 atom stereocenters. The molecule has 0 aromatic heterocycles. The Hall–Kier alpha value is -2.75. The Morgan fingerprint density at radius 3 is 2.54 bits per heavy atom. The highest BCUT2D eigenvalue weighted by atomic mass is 16.5. The zero-order chi connectivity index (χ0) is 17.4. The number of hydrogen-bond donors (Lipinski definition) is 1. The minimum Gasteiger partial charge on any atom is -0.494 e. The first-order valence-corrected chi connectivity index (χ1v) is 8.05. The number of nitrogens with one attached hydrogen (secondary N) is 1. The van der Waals surface area contributed by atoms with Crippen LogP contribution in [0, 0.1) is 0 Å². The lowest BCUT2D eigenvalue weighted by molar-refractivity contribution is -0.111. The van der Waals surface area contributed by atoms with E-state index in [9.17, 15) is 4.79 Å². The summed E-state index contributed by atoms with van der Waals surface area (Å²) >= 11 is 0. The molecule has 4 nitrogen and oxygen atoms in total. The number of rotatable bonds is 7. The van der Waals surface area contributed by atoms with Crippen molar-refractivity contribution in [3.8, 4) is 11.5 Å². The Labute approximate surface area is 143 Å². The Morgan fingerprint density at radius 1 is 1.12 bits per heavy atom. The normalized spacial score (nSPS) is 10.8. The molecule has 2 aromatic carbocycles. The molecule has 2 aromatic rings. The SMILES string of the molecule is CCOc1ccc(/C=C/C(=O)Nc2cccc(OC(C)C)c2)cc1. The van der Waals surface area contributed by atoms with Crippen molar-refractivity contribution < 1.29 is 14.3 Å². The minimum atomic E-state index is -0.189. The van der Waals surface area contributed by atoms with E-state index in [2.05, 4.69) is 5.32 Å². The molecule has 2 rings (SSSR count). The molecule has 0 saturated carbocycles. The fraction of sp³-hybridized carbons (Fsp3) is 0.250. The summed E-state index contributed by atoms with van der Waals surface area (Å²) in [5.74, 6) is 1.37. The average Bonchev–Trinajstić information content (AvgIpc) is 2.54. The monoisotopic (exact) mass is 325 g/mol. The van der Waals surface area contributed by atoms with Gasteiger partial charge in [0.25, 0.3) is 0 Å². The molecule has 0 aliphatic heterocycles. The van der Waals surface area contributed by atoms with Crippen LogP contribution in [-0.4, -0.2) is 18.6 Å². The molecule has 0 aliphatic carbocycles. The summed E-state index contributed by atoms with van der Waals surface area (Å²) in [6.07, 6.45) is 3.36. The van der Waals surface area contributed by atoms with Crippen LogP contribution in [0.15, 0.2) is 54.6 Å². The molecule has 126 valence electrons. The molecule has 0 radical (unpaired) electrons. The lowest BCUT2D eigenvalue weighted by Crippen LogP contribution is -2.09. The largest absolute Gasteiger partial charge is 0.494 e. The maximum Gasteiger partial charge on any atom is 0.248 e.